The number of halogens is 3. The highest BCUT2D eigenvalue weighted by molar-refractivity contribution is 5.96. The van der Waals surface area contributed by atoms with Gasteiger partial charge in [0.25, 0.3) is 5.92 Å². The fraction of sp³-hybridized carbons (Fsp3) is 0.643. The summed E-state index contributed by atoms with van der Waals surface area (Å²) in [6.07, 6.45) is 9.46. The first-order chi connectivity index (χ1) is 19.7. The lowest BCUT2D eigenvalue weighted by Crippen LogP contribution is -2.54. The molecule has 0 bridgehead atoms. The number of fused-ring (bicyclic) bond motifs is 1. The third-order valence-electron chi connectivity index (χ3n) is 9.48. The molecule has 2 saturated heterocycles. The summed E-state index contributed by atoms with van der Waals surface area (Å²) < 4.78 is 51.5. The van der Waals surface area contributed by atoms with Crippen molar-refractivity contribution in [2.75, 3.05) is 29.9 Å². The maximum Gasteiger partial charge on any atom is 0.322 e. The number of H-pyrrole nitrogens is 1. The minimum Gasteiger partial charge on any atom is -0.371 e. The van der Waals surface area contributed by atoms with Gasteiger partial charge in [0, 0.05) is 31.2 Å². The molecule has 3 aliphatic carbocycles. The Morgan fingerprint density at radius 3 is 2.56 bits per heavy atom. The Hall–Kier alpha value is -3.35. The zero-order valence-corrected chi connectivity index (χ0v) is 22.7. The lowest BCUT2D eigenvalue weighted by molar-refractivity contribution is -0.0721. The lowest BCUT2D eigenvalue weighted by Gasteiger charge is -2.40. The zero-order chi connectivity index (χ0) is 28.0. The van der Waals surface area contributed by atoms with Gasteiger partial charge in [0.1, 0.15) is 11.4 Å². The van der Waals surface area contributed by atoms with Crippen LogP contribution in [-0.2, 0) is 11.3 Å². The molecule has 0 unspecified atom stereocenters. The molecule has 5 fully saturated rings. The number of carbonyl (C=O) groups is 1. The molecule has 2 N–H and O–H groups in total. The molecule has 1 spiro atoms. The van der Waals surface area contributed by atoms with E-state index in [1.165, 1.54) is 11.1 Å². The number of rotatable bonds is 7. The van der Waals surface area contributed by atoms with Crippen molar-refractivity contribution in [2.45, 2.75) is 93.7 Å². The zero-order valence-electron chi connectivity index (χ0n) is 22.7. The number of nitrogens with one attached hydrogen (secondary N) is 2. The van der Waals surface area contributed by atoms with E-state index in [1.807, 2.05) is 6.07 Å². The summed E-state index contributed by atoms with van der Waals surface area (Å²) in [7, 11) is 0. The standard InChI is InChI=1S/C28H33F3N8O2/c29-26(4-1-5-26)15-39-22-10-20(32-11-19(22)24(36-39)37-13-18(14-37)41-17-2-3-17)23-21(12-33-35-23)34-25(40)38-16-28(30,31)9-8-27(38)6-7-27/h10-12,17-18H,1-9,13-16H2,(H,33,35)(H,34,40). The van der Waals surface area contributed by atoms with Crippen LogP contribution in [0.4, 0.5) is 29.5 Å². The minimum absolute atomic E-state index is 0.153. The van der Waals surface area contributed by atoms with E-state index in [1.54, 1.807) is 10.9 Å². The Bertz CT molecular complexity index is 1500. The Kier molecular flexibility index (Phi) is 5.46. The number of likely N-dealkylation sites (tertiary alicyclic amines) is 1. The fourth-order valence-electron chi connectivity index (χ4n) is 6.44. The fourth-order valence-corrected chi connectivity index (χ4v) is 6.44. The normalized spacial score (nSPS) is 24.4. The summed E-state index contributed by atoms with van der Waals surface area (Å²) >= 11 is 0. The van der Waals surface area contributed by atoms with Crippen LogP contribution in [0.3, 0.4) is 0 Å². The average molecular weight is 571 g/mol. The number of piperidine rings is 1. The molecule has 0 aromatic carbocycles. The van der Waals surface area contributed by atoms with Crippen LogP contribution in [0.5, 0.6) is 0 Å². The van der Waals surface area contributed by atoms with Crippen LogP contribution in [0.15, 0.2) is 18.5 Å². The van der Waals surface area contributed by atoms with Crippen LogP contribution in [0, 0.1) is 0 Å². The van der Waals surface area contributed by atoms with Gasteiger partial charge in [0.2, 0.25) is 0 Å². The van der Waals surface area contributed by atoms with Gasteiger partial charge in [0.15, 0.2) is 5.82 Å². The summed E-state index contributed by atoms with van der Waals surface area (Å²) in [6.45, 7) is 1.03. The number of anilines is 2. The summed E-state index contributed by atoms with van der Waals surface area (Å²) in [6, 6.07) is 1.26. The number of alkyl halides is 3. The van der Waals surface area contributed by atoms with Gasteiger partial charge in [-0.1, -0.05) is 0 Å². The average Bonchev–Trinajstić information content (AvgIpc) is 3.81. The number of pyridine rings is 1. The highest BCUT2D eigenvalue weighted by atomic mass is 19.3. The van der Waals surface area contributed by atoms with Gasteiger partial charge >= 0.3 is 6.03 Å². The molecule has 3 aromatic rings. The first kappa shape index (κ1) is 25.4. The van der Waals surface area contributed by atoms with Crippen molar-refractivity contribution in [1.82, 2.24) is 29.9 Å². The van der Waals surface area contributed by atoms with Crippen molar-refractivity contribution < 1.29 is 22.7 Å². The molecule has 41 heavy (non-hydrogen) atoms. The van der Waals surface area contributed by atoms with E-state index in [9.17, 15) is 13.6 Å². The van der Waals surface area contributed by atoms with Crippen LogP contribution < -0.4 is 10.2 Å². The van der Waals surface area contributed by atoms with Gasteiger partial charge in [-0.05, 0) is 57.4 Å². The quantitative estimate of drug-likeness (QED) is 0.420. The number of ether oxygens (including phenoxy) is 1. The van der Waals surface area contributed by atoms with Crippen molar-refractivity contribution in [3.63, 3.8) is 0 Å². The SMILES string of the molecule is O=C(Nc1cn[nH]c1-c1cc2c(cn1)c(N1CC(OC3CC3)C1)nn2CC1(F)CCC1)N1CC(F)(F)CCC12CC2. The van der Waals surface area contributed by atoms with Gasteiger partial charge in [-0.25, -0.2) is 18.0 Å². The Morgan fingerprint density at radius 2 is 1.85 bits per heavy atom. The van der Waals surface area contributed by atoms with Crippen molar-refractivity contribution in [1.29, 1.82) is 0 Å². The van der Waals surface area contributed by atoms with E-state index in [4.69, 9.17) is 9.84 Å². The third-order valence-corrected chi connectivity index (χ3v) is 9.48. The molecular weight excluding hydrogens is 537 g/mol. The predicted octanol–water partition coefficient (Wildman–Crippen LogP) is 4.88. The summed E-state index contributed by atoms with van der Waals surface area (Å²) in [5.74, 6) is -2.14. The van der Waals surface area contributed by atoms with Crippen LogP contribution in [0.25, 0.3) is 22.3 Å². The Balaban J connectivity index is 1.08. The molecule has 10 nitrogen and oxygen atoms in total. The number of amides is 2. The molecular formula is C28H33F3N8O2. The van der Waals surface area contributed by atoms with Gasteiger partial charge in [-0.2, -0.15) is 10.2 Å². The van der Waals surface area contributed by atoms with Crippen LogP contribution in [-0.4, -0.2) is 84.9 Å². The van der Waals surface area contributed by atoms with Gasteiger partial charge in [-0.15, -0.1) is 0 Å². The molecule has 0 atom stereocenters. The first-order valence-corrected chi connectivity index (χ1v) is 14.7. The number of aromatic amines is 1. The van der Waals surface area contributed by atoms with Crippen molar-refractivity contribution in [3.8, 4) is 11.4 Å². The van der Waals surface area contributed by atoms with Gasteiger partial charge < -0.3 is 19.9 Å². The minimum atomic E-state index is -2.90. The number of urea groups is 1. The lowest BCUT2D eigenvalue weighted by atomic mass is 9.82. The van der Waals surface area contributed by atoms with E-state index in [0.29, 0.717) is 42.4 Å². The molecule has 3 saturated carbocycles. The van der Waals surface area contributed by atoms with Gasteiger partial charge in [-0.3, -0.25) is 14.8 Å². The number of aromatic nitrogens is 5. The number of hydrogen-bond donors (Lipinski definition) is 2. The Labute approximate surface area is 234 Å². The molecule has 2 amide bonds. The second-order valence-corrected chi connectivity index (χ2v) is 12.7. The van der Waals surface area contributed by atoms with Crippen LogP contribution >= 0.6 is 0 Å². The monoisotopic (exact) mass is 570 g/mol. The second-order valence-electron chi connectivity index (χ2n) is 12.7. The van der Waals surface area contributed by atoms with Crippen molar-refractivity contribution >= 4 is 28.4 Å². The largest absolute Gasteiger partial charge is 0.371 e. The summed E-state index contributed by atoms with van der Waals surface area (Å²) in [5.41, 5.74) is 0.265. The predicted molar refractivity (Wildman–Crippen MR) is 145 cm³/mol. The Morgan fingerprint density at radius 1 is 1.07 bits per heavy atom. The molecule has 2 aliphatic heterocycles. The molecule has 0 radical (unpaired) electrons. The van der Waals surface area contributed by atoms with E-state index < -0.39 is 29.7 Å². The highest BCUT2D eigenvalue weighted by Crippen LogP contribution is 2.51. The molecule has 13 heteroatoms. The van der Waals surface area contributed by atoms with Crippen molar-refractivity contribution in [3.05, 3.63) is 18.5 Å². The number of carbonyl (C=O) groups excluding carboxylic acids is 1. The van der Waals surface area contributed by atoms with E-state index in [-0.39, 0.29) is 19.1 Å². The topological polar surface area (TPSA) is 104 Å². The van der Waals surface area contributed by atoms with Crippen molar-refractivity contribution in [2.24, 2.45) is 0 Å². The number of hydrogen-bond acceptors (Lipinski definition) is 6. The van der Waals surface area contributed by atoms with E-state index in [0.717, 1.165) is 61.9 Å². The molecule has 3 aromatic heterocycles. The molecule has 218 valence electrons. The first-order valence-electron chi connectivity index (χ1n) is 14.7. The highest BCUT2D eigenvalue weighted by Gasteiger charge is 2.57. The molecule has 5 aliphatic rings. The van der Waals surface area contributed by atoms with Crippen LogP contribution in [0.2, 0.25) is 0 Å². The summed E-state index contributed by atoms with van der Waals surface area (Å²) in [5, 5.41) is 15.4. The van der Waals surface area contributed by atoms with Gasteiger partial charge in [0.05, 0.1) is 53.8 Å². The number of nitrogens with zero attached hydrogens (tertiary/aromatic N) is 6. The van der Waals surface area contributed by atoms with E-state index >= 15 is 4.39 Å². The van der Waals surface area contributed by atoms with Crippen LogP contribution in [0.1, 0.15) is 57.8 Å². The maximum absolute atomic E-state index is 15.3. The molecule has 8 rings (SSSR count). The smallest absolute Gasteiger partial charge is 0.322 e. The second kappa shape index (κ2) is 8.83. The third kappa shape index (κ3) is 4.52. The maximum atomic E-state index is 15.3. The van der Waals surface area contributed by atoms with E-state index in [2.05, 4.69) is 25.4 Å². The molecule has 5 heterocycles. The summed E-state index contributed by atoms with van der Waals surface area (Å²) in [4.78, 5) is 21.3.